The quantitative estimate of drug-likeness (QED) is 0.667. The van der Waals surface area contributed by atoms with E-state index in [0.29, 0.717) is 34.6 Å². The number of phenolic OH excluding ortho intramolecular Hbond substituents is 1. The van der Waals surface area contributed by atoms with E-state index in [2.05, 4.69) is 16.7 Å². The molecular weight excluding hydrogens is 384 g/mol. The zero-order valence-electron chi connectivity index (χ0n) is 17.3. The molecule has 2 aromatic carbocycles. The van der Waals surface area contributed by atoms with Crippen LogP contribution >= 0.6 is 0 Å². The first-order valence-corrected chi connectivity index (χ1v) is 10.1. The molecule has 0 radical (unpaired) electrons. The smallest absolute Gasteiger partial charge is 0.235 e. The van der Waals surface area contributed by atoms with E-state index in [0.717, 1.165) is 32.7 Å². The average Bonchev–Trinajstić information content (AvgIpc) is 2.78. The number of benzene rings is 2. The Kier molecular flexibility index (Phi) is 5.92. The molecule has 4 rings (SSSR count). The van der Waals surface area contributed by atoms with E-state index in [1.165, 1.54) is 6.26 Å². The van der Waals surface area contributed by atoms with E-state index >= 15 is 0 Å². The van der Waals surface area contributed by atoms with Crippen molar-refractivity contribution < 1.29 is 19.0 Å². The number of rotatable bonds is 6. The van der Waals surface area contributed by atoms with Crippen molar-refractivity contribution >= 4 is 11.0 Å². The molecule has 158 valence electrons. The maximum Gasteiger partial charge on any atom is 0.235 e. The van der Waals surface area contributed by atoms with Crippen molar-refractivity contribution in [1.82, 2.24) is 9.80 Å². The molecule has 30 heavy (non-hydrogen) atoms. The fourth-order valence-electron chi connectivity index (χ4n) is 3.76. The van der Waals surface area contributed by atoms with Crippen LogP contribution in [0.25, 0.3) is 11.0 Å². The third-order valence-corrected chi connectivity index (χ3v) is 5.57. The maximum atomic E-state index is 13.0. The minimum absolute atomic E-state index is 0.0696. The van der Waals surface area contributed by atoms with E-state index < -0.39 is 0 Å². The molecule has 3 aromatic rings. The zero-order chi connectivity index (χ0) is 21.1. The van der Waals surface area contributed by atoms with Crippen LogP contribution in [-0.4, -0.2) is 54.7 Å². The molecule has 1 fully saturated rings. The zero-order valence-corrected chi connectivity index (χ0v) is 17.3. The summed E-state index contributed by atoms with van der Waals surface area (Å²) < 4.78 is 16.9. The van der Waals surface area contributed by atoms with Gasteiger partial charge in [0.15, 0.2) is 11.5 Å². The summed E-state index contributed by atoms with van der Waals surface area (Å²) >= 11 is 0. The second-order valence-electron chi connectivity index (χ2n) is 7.33. The number of aromatic hydroxyl groups is 1. The van der Waals surface area contributed by atoms with Crippen LogP contribution in [0.3, 0.4) is 0 Å². The second kappa shape index (κ2) is 8.77. The van der Waals surface area contributed by atoms with Gasteiger partial charge in [-0.25, -0.2) is 0 Å². The second-order valence-corrected chi connectivity index (χ2v) is 7.33. The maximum absolute atomic E-state index is 13.0. The van der Waals surface area contributed by atoms with Gasteiger partial charge in [-0.3, -0.25) is 9.69 Å². The highest BCUT2D eigenvalue weighted by atomic mass is 16.5. The molecular formula is C23H26N2O5. The van der Waals surface area contributed by atoms with Gasteiger partial charge in [0.05, 0.1) is 18.1 Å². The van der Waals surface area contributed by atoms with Crippen molar-refractivity contribution in [3.05, 3.63) is 58.4 Å². The molecule has 1 aliphatic heterocycles. The SMILES string of the molecule is CCN1CCN(Cc2c(O)ccc3c(=O)c(Oc4ccccc4OC)coc23)CC1. The third kappa shape index (κ3) is 3.99. The van der Waals surface area contributed by atoms with Crippen molar-refractivity contribution in [2.24, 2.45) is 0 Å². The fraction of sp³-hybridized carbons (Fsp3) is 0.348. The highest BCUT2D eigenvalue weighted by Crippen LogP contribution is 2.32. The first-order valence-electron chi connectivity index (χ1n) is 10.1. The third-order valence-electron chi connectivity index (χ3n) is 5.57. The van der Waals surface area contributed by atoms with Gasteiger partial charge in [0, 0.05) is 32.7 Å². The van der Waals surface area contributed by atoms with Crippen LogP contribution in [0.15, 0.2) is 51.9 Å². The first kappa shape index (κ1) is 20.3. The van der Waals surface area contributed by atoms with Crippen LogP contribution in [0.4, 0.5) is 0 Å². The molecule has 0 atom stereocenters. The van der Waals surface area contributed by atoms with Gasteiger partial charge in [0.2, 0.25) is 11.2 Å². The lowest BCUT2D eigenvalue weighted by atomic mass is 10.1. The number of likely N-dealkylation sites (N-methyl/N-ethyl adjacent to an activating group) is 1. The predicted molar refractivity (Wildman–Crippen MR) is 115 cm³/mol. The molecule has 0 unspecified atom stereocenters. The number of fused-ring (bicyclic) bond motifs is 1. The van der Waals surface area contributed by atoms with Crippen LogP contribution in [-0.2, 0) is 6.54 Å². The van der Waals surface area contributed by atoms with Gasteiger partial charge in [0.1, 0.15) is 17.6 Å². The van der Waals surface area contributed by atoms with Gasteiger partial charge in [0.25, 0.3) is 0 Å². The Labute approximate surface area is 175 Å². The monoisotopic (exact) mass is 410 g/mol. The number of methoxy groups -OCH3 is 1. The number of ether oxygens (including phenoxy) is 2. The summed E-state index contributed by atoms with van der Waals surface area (Å²) in [5.74, 6) is 1.15. The Morgan fingerprint density at radius 2 is 1.70 bits per heavy atom. The Bertz CT molecular complexity index is 1090. The molecule has 0 aliphatic carbocycles. The molecule has 7 nitrogen and oxygen atoms in total. The summed E-state index contributed by atoms with van der Waals surface area (Å²) in [6.07, 6.45) is 1.30. The number of hydrogen-bond donors (Lipinski definition) is 1. The molecule has 2 heterocycles. The molecule has 1 aliphatic rings. The lowest BCUT2D eigenvalue weighted by Gasteiger charge is -2.34. The summed E-state index contributed by atoms with van der Waals surface area (Å²) in [6.45, 7) is 7.51. The fourth-order valence-corrected chi connectivity index (χ4v) is 3.76. The van der Waals surface area contributed by atoms with E-state index in [1.807, 2.05) is 6.07 Å². The normalized spacial score (nSPS) is 15.4. The number of nitrogens with zero attached hydrogens (tertiary/aromatic N) is 2. The molecule has 1 saturated heterocycles. The molecule has 0 amide bonds. The van der Waals surface area contributed by atoms with Gasteiger partial charge < -0.3 is 23.9 Å². The molecule has 1 aromatic heterocycles. The Morgan fingerprint density at radius 1 is 1.00 bits per heavy atom. The van der Waals surface area contributed by atoms with Gasteiger partial charge in [-0.1, -0.05) is 19.1 Å². The topological polar surface area (TPSA) is 75.4 Å². The Hall–Kier alpha value is -3.03. The molecule has 0 spiro atoms. The lowest BCUT2D eigenvalue weighted by molar-refractivity contribution is 0.131. The molecule has 1 N–H and O–H groups in total. The van der Waals surface area contributed by atoms with Crippen molar-refractivity contribution in [3.8, 4) is 23.0 Å². The molecule has 0 bridgehead atoms. The minimum atomic E-state index is -0.292. The van der Waals surface area contributed by atoms with Crippen molar-refractivity contribution in [2.45, 2.75) is 13.5 Å². The summed E-state index contributed by atoms with van der Waals surface area (Å²) in [5, 5.41) is 10.8. The summed E-state index contributed by atoms with van der Waals surface area (Å²) in [4.78, 5) is 17.7. The van der Waals surface area contributed by atoms with Gasteiger partial charge in [-0.15, -0.1) is 0 Å². The van der Waals surface area contributed by atoms with Crippen LogP contribution < -0.4 is 14.9 Å². The highest BCUT2D eigenvalue weighted by molar-refractivity contribution is 5.83. The predicted octanol–water partition coefficient (Wildman–Crippen LogP) is 3.44. The van der Waals surface area contributed by atoms with Crippen molar-refractivity contribution in [3.63, 3.8) is 0 Å². The summed E-state index contributed by atoms with van der Waals surface area (Å²) in [7, 11) is 1.54. The van der Waals surface area contributed by atoms with E-state index in [1.54, 1.807) is 37.4 Å². The summed E-state index contributed by atoms with van der Waals surface area (Å²) in [5.41, 5.74) is 0.725. The number of para-hydroxylation sites is 2. The number of hydrogen-bond acceptors (Lipinski definition) is 7. The largest absolute Gasteiger partial charge is 0.507 e. The molecule has 0 saturated carbocycles. The van der Waals surface area contributed by atoms with Crippen LogP contribution in [0, 0.1) is 0 Å². The van der Waals surface area contributed by atoms with Gasteiger partial charge in [-0.05, 0) is 30.8 Å². The Balaban J connectivity index is 1.65. The average molecular weight is 410 g/mol. The molecule has 7 heteroatoms. The Morgan fingerprint density at radius 3 is 2.40 bits per heavy atom. The van der Waals surface area contributed by atoms with E-state index in [9.17, 15) is 9.90 Å². The van der Waals surface area contributed by atoms with Crippen LogP contribution in [0.1, 0.15) is 12.5 Å². The van der Waals surface area contributed by atoms with E-state index in [-0.39, 0.29) is 16.9 Å². The van der Waals surface area contributed by atoms with Crippen LogP contribution in [0.2, 0.25) is 0 Å². The summed E-state index contributed by atoms with van der Waals surface area (Å²) in [6, 6.07) is 10.2. The first-order chi connectivity index (χ1) is 14.6. The van der Waals surface area contributed by atoms with Gasteiger partial charge in [-0.2, -0.15) is 0 Å². The van der Waals surface area contributed by atoms with Crippen molar-refractivity contribution in [1.29, 1.82) is 0 Å². The number of phenols is 1. The number of piperazine rings is 1. The van der Waals surface area contributed by atoms with Crippen LogP contribution in [0.5, 0.6) is 23.0 Å². The highest BCUT2D eigenvalue weighted by Gasteiger charge is 2.21. The standard InChI is InChI=1S/C23H26N2O5/c1-3-24-10-12-25(13-11-24)14-17-18(26)9-8-16-22(27)21(15-29-23(16)17)30-20-7-5-4-6-19(20)28-2/h4-9,15,26H,3,10-14H2,1-2H3. The minimum Gasteiger partial charge on any atom is -0.507 e. The lowest BCUT2D eigenvalue weighted by Crippen LogP contribution is -2.45. The van der Waals surface area contributed by atoms with Gasteiger partial charge >= 0.3 is 0 Å². The van der Waals surface area contributed by atoms with E-state index in [4.69, 9.17) is 13.9 Å². The van der Waals surface area contributed by atoms with Crippen molar-refractivity contribution in [2.75, 3.05) is 39.8 Å².